The number of nitrogens with zero attached hydrogens (tertiary/aromatic N) is 1. The summed E-state index contributed by atoms with van der Waals surface area (Å²) < 4.78 is 6.60. The molecule has 1 N–H and O–H groups in total. The van der Waals surface area contributed by atoms with Crippen LogP contribution in [-0.4, -0.2) is 16.1 Å². The third-order valence-corrected chi connectivity index (χ3v) is 3.74. The molecular weight excluding hydrogens is 318 g/mol. The first kappa shape index (κ1) is 11.4. The molecule has 3 rings (SSSR count). The number of carbonyl (C=O) groups is 1. The molecule has 0 saturated carbocycles. The maximum Gasteiger partial charge on any atom is 0.365 e. The van der Waals surface area contributed by atoms with Crippen LogP contribution in [0.4, 0.5) is 0 Å². The molecule has 2 aromatic heterocycles. The van der Waals surface area contributed by atoms with E-state index in [0.717, 1.165) is 26.8 Å². The number of halogens is 1. The van der Waals surface area contributed by atoms with Gasteiger partial charge in [0, 0.05) is 15.2 Å². The molecule has 0 saturated heterocycles. The van der Waals surface area contributed by atoms with Crippen molar-refractivity contribution in [2.45, 2.75) is 0 Å². The van der Waals surface area contributed by atoms with Crippen LogP contribution in [0.5, 0.6) is 0 Å². The minimum Gasteiger partial charge on any atom is -0.476 e. The monoisotopic (exact) mass is 323 g/mol. The largest absolute Gasteiger partial charge is 0.476 e. The molecule has 0 unspecified atom stereocenters. The zero-order chi connectivity index (χ0) is 12.7. The predicted octanol–water partition coefficient (Wildman–Crippen LogP) is 4.02. The maximum atomic E-state index is 10.8. The molecule has 6 heteroatoms. The number of furan rings is 1. The van der Waals surface area contributed by atoms with Crippen molar-refractivity contribution in [1.29, 1.82) is 0 Å². The second-order valence-corrected chi connectivity index (χ2v) is 5.41. The quantitative estimate of drug-likeness (QED) is 0.773. The molecule has 1 aromatic carbocycles. The van der Waals surface area contributed by atoms with Crippen molar-refractivity contribution in [3.05, 3.63) is 39.1 Å². The van der Waals surface area contributed by atoms with E-state index in [1.807, 2.05) is 24.3 Å². The number of hydrogen-bond donors (Lipinski definition) is 1. The number of aromatic nitrogens is 1. The van der Waals surface area contributed by atoms with E-state index in [0.29, 0.717) is 11.5 Å². The molecule has 0 aliphatic carbocycles. The number of hydrogen-bond acceptors (Lipinski definition) is 4. The molecule has 18 heavy (non-hydrogen) atoms. The van der Waals surface area contributed by atoms with Crippen molar-refractivity contribution in [2.75, 3.05) is 0 Å². The number of aromatic carboxylic acids is 1. The molecule has 0 aliphatic rings. The Hall–Kier alpha value is -1.66. The lowest BCUT2D eigenvalue weighted by Gasteiger charge is -1.88. The molecule has 0 spiro atoms. The van der Waals surface area contributed by atoms with Crippen molar-refractivity contribution in [1.82, 2.24) is 4.98 Å². The summed E-state index contributed by atoms with van der Waals surface area (Å²) in [5, 5.41) is 11.5. The van der Waals surface area contributed by atoms with Gasteiger partial charge in [0.2, 0.25) is 5.01 Å². The second-order valence-electron chi connectivity index (χ2n) is 3.64. The molecule has 0 amide bonds. The van der Waals surface area contributed by atoms with E-state index in [1.54, 1.807) is 5.38 Å². The standard InChI is InChI=1S/C12H6BrNO3S/c13-7-1-2-9-6(3-7)4-10(17-9)8-5-18-11(14-8)12(15)16/h1-5H,(H,15,16). The highest BCUT2D eigenvalue weighted by Crippen LogP contribution is 2.30. The number of rotatable bonds is 2. The molecule has 0 bridgehead atoms. The molecule has 0 atom stereocenters. The fourth-order valence-corrected chi connectivity index (χ4v) is 2.65. The lowest BCUT2D eigenvalue weighted by Crippen LogP contribution is -1.93. The van der Waals surface area contributed by atoms with E-state index < -0.39 is 5.97 Å². The van der Waals surface area contributed by atoms with Crippen LogP contribution >= 0.6 is 27.3 Å². The summed E-state index contributed by atoms with van der Waals surface area (Å²) in [6.45, 7) is 0. The summed E-state index contributed by atoms with van der Waals surface area (Å²) in [4.78, 5) is 14.8. The topological polar surface area (TPSA) is 63.3 Å². The predicted molar refractivity (Wildman–Crippen MR) is 72.0 cm³/mol. The van der Waals surface area contributed by atoms with Gasteiger partial charge in [0.05, 0.1) is 0 Å². The minimum atomic E-state index is -1.02. The summed E-state index contributed by atoms with van der Waals surface area (Å²) in [7, 11) is 0. The van der Waals surface area contributed by atoms with Crippen LogP contribution in [0.3, 0.4) is 0 Å². The highest BCUT2D eigenvalue weighted by Gasteiger charge is 2.13. The average molecular weight is 324 g/mol. The summed E-state index contributed by atoms with van der Waals surface area (Å²) in [5.74, 6) is -0.447. The van der Waals surface area contributed by atoms with Crippen LogP contribution in [0.15, 0.2) is 38.5 Å². The molecule has 4 nitrogen and oxygen atoms in total. The van der Waals surface area contributed by atoms with E-state index in [2.05, 4.69) is 20.9 Å². The Morgan fingerprint density at radius 3 is 2.94 bits per heavy atom. The smallest absolute Gasteiger partial charge is 0.365 e. The van der Waals surface area contributed by atoms with Gasteiger partial charge in [-0.1, -0.05) is 15.9 Å². The Labute approximate surface area is 114 Å². The van der Waals surface area contributed by atoms with Crippen molar-refractivity contribution in [2.24, 2.45) is 0 Å². The number of fused-ring (bicyclic) bond motifs is 1. The molecule has 2 heterocycles. The van der Waals surface area contributed by atoms with E-state index in [1.165, 1.54) is 0 Å². The first-order valence-electron chi connectivity index (χ1n) is 5.02. The van der Waals surface area contributed by atoms with Crippen LogP contribution in [0, 0.1) is 0 Å². The normalized spacial score (nSPS) is 10.9. The van der Waals surface area contributed by atoms with Crippen LogP contribution in [0.25, 0.3) is 22.4 Å². The number of benzene rings is 1. The Morgan fingerprint density at radius 1 is 1.39 bits per heavy atom. The molecule has 3 aromatic rings. The molecule has 0 fully saturated rings. The lowest BCUT2D eigenvalue weighted by molar-refractivity contribution is 0.0696. The van der Waals surface area contributed by atoms with E-state index in [9.17, 15) is 4.79 Å². The first-order chi connectivity index (χ1) is 8.63. The molecule has 0 radical (unpaired) electrons. The van der Waals surface area contributed by atoms with Gasteiger partial charge in [-0.15, -0.1) is 11.3 Å². The van der Waals surface area contributed by atoms with Gasteiger partial charge < -0.3 is 9.52 Å². The zero-order valence-corrected chi connectivity index (χ0v) is 11.3. The third kappa shape index (κ3) is 1.93. The van der Waals surface area contributed by atoms with E-state index in [4.69, 9.17) is 9.52 Å². The lowest BCUT2D eigenvalue weighted by atomic mass is 10.2. The van der Waals surface area contributed by atoms with Crippen molar-refractivity contribution in [3.63, 3.8) is 0 Å². The van der Waals surface area contributed by atoms with Crippen LogP contribution < -0.4 is 0 Å². The van der Waals surface area contributed by atoms with Crippen molar-refractivity contribution in [3.8, 4) is 11.5 Å². The van der Waals surface area contributed by atoms with Gasteiger partial charge >= 0.3 is 5.97 Å². The Balaban J connectivity index is 2.10. The van der Waals surface area contributed by atoms with Gasteiger partial charge in [-0.25, -0.2) is 9.78 Å². The van der Waals surface area contributed by atoms with E-state index in [-0.39, 0.29) is 5.01 Å². The van der Waals surface area contributed by atoms with Crippen LogP contribution in [0.1, 0.15) is 9.80 Å². The van der Waals surface area contributed by atoms with Crippen LogP contribution in [0.2, 0.25) is 0 Å². The summed E-state index contributed by atoms with van der Waals surface area (Å²) in [6.07, 6.45) is 0. The van der Waals surface area contributed by atoms with Gasteiger partial charge in [0.1, 0.15) is 11.3 Å². The van der Waals surface area contributed by atoms with Gasteiger partial charge in [-0.2, -0.15) is 0 Å². The fraction of sp³-hybridized carbons (Fsp3) is 0. The van der Waals surface area contributed by atoms with Crippen LogP contribution in [-0.2, 0) is 0 Å². The number of thiazole rings is 1. The number of carboxylic acid groups (broad SMARTS) is 1. The van der Waals surface area contributed by atoms with Crippen molar-refractivity contribution < 1.29 is 14.3 Å². The maximum absolute atomic E-state index is 10.8. The first-order valence-corrected chi connectivity index (χ1v) is 6.69. The van der Waals surface area contributed by atoms with Gasteiger partial charge in [-0.3, -0.25) is 0 Å². The average Bonchev–Trinajstić information content (AvgIpc) is 2.93. The Kier molecular flexibility index (Phi) is 2.68. The molecular formula is C12H6BrNO3S. The Bertz CT molecular complexity index is 747. The second kappa shape index (κ2) is 4.22. The molecule has 90 valence electrons. The SMILES string of the molecule is O=C(O)c1nc(-c2cc3cc(Br)ccc3o2)cs1. The summed E-state index contributed by atoms with van der Waals surface area (Å²) in [6, 6.07) is 7.53. The Morgan fingerprint density at radius 2 is 2.22 bits per heavy atom. The third-order valence-electron chi connectivity index (χ3n) is 2.42. The zero-order valence-electron chi connectivity index (χ0n) is 8.88. The van der Waals surface area contributed by atoms with Gasteiger partial charge in [0.25, 0.3) is 0 Å². The van der Waals surface area contributed by atoms with Gasteiger partial charge in [0.15, 0.2) is 5.76 Å². The highest BCUT2D eigenvalue weighted by molar-refractivity contribution is 9.10. The fourth-order valence-electron chi connectivity index (χ4n) is 1.63. The summed E-state index contributed by atoms with van der Waals surface area (Å²) >= 11 is 4.47. The minimum absolute atomic E-state index is 0.0617. The van der Waals surface area contributed by atoms with E-state index >= 15 is 0 Å². The number of carboxylic acids is 1. The van der Waals surface area contributed by atoms with Crippen molar-refractivity contribution >= 4 is 44.2 Å². The molecule has 0 aliphatic heterocycles. The summed E-state index contributed by atoms with van der Waals surface area (Å²) in [5.41, 5.74) is 1.29. The van der Waals surface area contributed by atoms with Gasteiger partial charge in [-0.05, 0) is 24.3 Å². The highest BCUT2D eigenvalue weighted by atomic mass is 79.9.